The van der Waals surface area contributed by atoms with Crippen LogP contribution in [0.2, 0.25) is 0 Å². The molecule has 3 rings (SSSR count). The van der Waals surface area contributed by atoms with Crippen LogP contribution in [0.5, 0.6) is 5.75 Å². The highest BCUT2D eigenvalue weighted by atomic mass is 16.6. The highest BCUT2D eigenvalue weighted by Gasteiger charge is 2.21. The van der Waals surface area contributed by atoms with E-state index in [-0.39, 0.29) is 23.5 Å². The van der Waals surface area contributed by atoms with Crippen LogP contribution in [-0.2, 0) is 9.53 Å². The van der Waals surface area contributed by atoms with Crippen molar-refractivity contribution in [2.75, 3.05) is 13.2 Å². The maximum absolute atomic E-state index is 13.0. The average molecular weight is 356 g/mol. The van der Waals surface area contributed by atoms with Gasteiger partial charge in [-0.2, -0.15) is 0 Å². The van der Waals surface area contributed by atoms with Crippen molar-refractivity contribution in [1.82, 2.24) is 0 Å². The highest BCUT2D eigenvalue weighted by molar-refractivity contribution is 5.84. The Kier molecular flexibility index (Phi) is 5.11. The van der Waals surface area contributed by atoms with Crippen molar-refractivity contribution < 1.29 is 23.1 Å². The van der Waals surface area contributed by atoms with Crippen molar-refractivity contribution in [3.05, 3.63) is 51.9 Å². The van der Waals surface area contributed by atoms with Gasteiger partial charge in [-0.15, -0.1) is 0 Å². The van der Waals surface area contributed by atoms with Crippen LogP contribution >= 0.6 is 0 Å². The Bertz CT molecular complexity index is 982. The third-order valence-corrected chi connectivity index (χ3v) is 3.83. The third-order valence-electron chi connectivity index (χ3n) is 3.83. The predicted molar refractivity (Wildman–Crippen MR) is 96.4 cm³/mol. The lowest BCUT2D eigenvalue weighted by Crippen LogP contribution is -2.19. The standard InChI is InChI=1S/C20H20O6/c1-4-7-24-16(21)11-25-20-17(22)14-10-12(2)9-13(3)18(14)26-19(20)15-6-5-8-23-15/h5-6,8-10H,4,7,11H2,1-3H3. The maximum Gasteiger partial charge on any atom is 0.344 e. The first kappa shape index (κ1) is 17.8. The van der Waals surface area contributed by atoms with E-state index in [9.17, 15) is 9.59 Å². The quantitative estimate of drug-likeness (QED) is 0.621. The molecular weight excluding hydrogens is 336 g/mol. The molecule has 2 heterocycles. The number of rotatable bonds is 6. The van der Waals surface area contributed by atoms with Crippen LogP contribution in [0.4, 0.5) is 0 Å². The molecule has 0 amide bonds. The molecule has 0 unspecified atom stereocenters. The van der Waals surface area contributed by atoms with Crippen LogP contribution in [0.25, 0.3) is 22.5 Å². The molecular formula is C20H20O6. The van der Waals surface area contributed by atoms with Gasteiger partial charge in [-0.3, -0.25) is 4.79 Å². The van der Waals surface area contributed by atoms with Gasteiger partial charge in [0.05, 0.1) is 18.3 Å². The molecule has 0 spiro atoms. The number of furan rings is 1. The van der Waals surface area contributed by atoms with E-state index in [1.165, 1.54) is 6.26 Å². The molecule has 1 aromatic carbocycles. The Morgan fingerprint density at radius 1 is 1.23 bits per heavy atom. The van der Waals surface area contributed by atoms with Gasteiger partial charge in [0.2, 0.25) is 16.9 Å². The van der Waals surface area contributed by atoms with Gasteiger partial charge in [0.15, 0.2) is 12.4 Å². The van der Waals surface area contributed by atoms with Gasteiger partial charge in [-0.05, 0) is 49.6 Å². The second kappa shape index (κ2) is 7.47. The molecule has 0 aliphatic rings. The summed E-state index contributed by atoms with van der Waals surface area (Å²) < 4.78 is 21.8. The van der Waals surface area contributed by atoms with Crippen molar-refractivity contribution in [1.29, 1.82) is 0 Å². The topological polar surface area (TPSA) is 78.9 Å². The monoisotopic (exact) mass is 356 g/mol. The van der Waals surface area contributed by atoms with E-state index in [4.69, 9.17) is 18.3 Å². The van der Waals surface area contributed by atoms with E-state index in [2.05, 4.69) is 0 Å². The minimum atomic E-state index is -0.544. The fourth-order valence-electron chi connectivity index (χ4n) is 2.72. The summed E-state index contributed by atoms with van der Waals surface area (Å²) >= 11 is 0. The van der Waals surface area contributed by atoms with Crippen LogP contribution in [-0.4, -0.2) is 19.2 Å². The molecule has 3 aromatic rings. The zero-order chi connectivity index (χ0) is 18.7. The number of carbonyl (C=O) groups excluding carboxylic acids is 1. The van der Waals surface area contributed by atoms with Gasteiger partial charge in [-0.25, -0.2) is 4.79 Å². The molecule has 6 heteroatoms. The van der Waals surface area contributed by atoms with Gasteiger partial charge >= 0.3 is 5.97 Å². The second-order valence-electron chi connectivity index (χ2n) is 6.03. The van der Waals surface area contributed by atoms with Crippen LogP contribution < -0.4 is 10.2 Å². The number of aryl methyl sites for hydroxylation is 2. The lowest BCUT2D eigenvalue weighted by Gasteiger charge is -2.11. The molecule has 6 nitrogen and oxygen atoms in total. The minimum Gasteiger partial charge on any atom is -0.474 e. The molecule has 136 valence electrons. The van der Waals surface area contributed by atoms with Crippen molar-refractivity contribution in [2.24, 2.45) is 0 Å². The number of carbonyl (C=O) groups is 1. The van der Waals surface area contributed by atoms with E-state index in [1.807, 2.05) is 26.8 Å². The Morgan fingerprint density at radius 3 is 2.73 bits per heavy atom. The Balaban J connectivity index is 2.10. The molecule has 26 heavy (non-hydrogen) atoms. The predicted octanol–water partition coefficient (Wildman–Crippen LogP) is 4.00. The van der Waals surface area contributed by atoms with Gasteiger partial charge in [-0.1, -0.05) is 13.0 Å². The van der Waals surface area contributed by atoms with Gasteiger partial charge in [0.1, 0.15) is 5.58 Å². The molecule has 0 atom stereocenters. The molecule has 0 fully saturated rings. The van der Waals surface area contributed by atoms with E-state index in [0.717, 1.165) is 11.1 Å². The summed E-state index contributed by atoms with van der Waals surface area (Å²) in [4.78, 5) is 24.7. The summed E-state index contributed by atoms with van der Waals surface area (Å²) in [5, 5.41) is 0.398. The normalized spacial score (nSPS) is 10.9. The number of ether oxygens (including phenoxy) is 2. The molecule has 0 saturated carbocycles. The molecule has 0 N–H and O–H groups in total. The number of esters is 1. The summed E-state index contributed by atoms with van der Waals surface area (Å²) in [6, 6.07) is 7.01. The first-order valence-electron chi connectivity index (χ1n) is 8.41. The molecule has 0 saturated heterocycles. The molecule has 0 aliphatic carbocycles. The average Bonchev–Trinajstić information content (AvgIpc) is 3.14. The molecule has 0 aliphatic heterocycles. The summed E-state index contributed by atoms with van der Waals surface area (Å²) in [5.41, 5.74) is 1.88. The zero-order valence-corrected chi connectivity index (χ0v) is 15.0. The van der Waals surface area contributed by atoms with Gasteiger partial charge in [0, 0.05) is 0 Å². The van der Waals surface area contributed by atoms with Crippen molar-refractivity contribution in [3.8, 4) is 17.3 Å². The summed E-state index contributed by atoms with van der Waals surface area (Å²) in [5.74, 6) is -0.105. The van der Waals surface area contributed by atoms with Crippen LogP contribution in [0.15, 0.2) is 44.2 Å². The Labute approximate surface area is 150 Å². The van der Waals surface area contributed by atoms with Crippen molar-refractivity contribution in [2.45, 2.75) is 27.2 Å². The summed E-state index contributed by atoms with van der Waals surface area (Å²) in [6.07, 6.45) is 2.18. The third kappa shape index (κ3) is 3.49. The van der Waals surface area contributed by atoms with Crippen molar-refractivity contribution in [3.63, 3.8) is 0 Å². The van der Waals surface area contributed by atoms with Gasteiger partial charge < -0.3 is 18.3 Å². The zero-order valence-electron chi connectivity index (χ0n) is 15.0. The largest absolute Gasteiger partial charge is 0.474 e. The highest BCUT2D eigenvalue weighted by Crippen LogP contribution is 2.32. The fourth-order valence-corrected chi connectivity index (χ4v) is 2.72. The van der Waals surface area contributed by atoms with Crippen molar-refractivity contribution >= 4 is 16.9 Å². The maximum atomic E-state index is 13.0. The molecule has 0 radical (unpaired) electrons. The molecule has 2 aromatic heterocycles. The number of hydrogen-bond acceptors (Lipinski definition) is 6. The molecule has 0 bridgehead atoms. The van der Waals surface area contributed by atoms with E-state index in [1.54, 1.807) is 18.2 Å². The fraction of sp³-hybridized carbons (Fsp3) is 0.300. The first-order valence-corrected chi connectivity index (χ1v) is 8.41. The number of benzene rings is 1. The van der Waals surface area contributed by atoms with E-state index < -0.39 is 5.97 Å². The lowest BCUT2D eigenvalue weighted by molar-refractivity contribution is -0.146. The smallest absolute Gasteiger partial charge is 0.344 e. The summed E-state index contributed by atoms with van der Waals surface area (Å²) in [6.45, 7) is 5.58. The van der Waals surface area contributed by atoms with Gasteiger partial charge in [0.25, 0.3) is 0 Å². The Morgan fingerprint density at radius 2 is 2.04 bits per heavy atom. The van der Waals surface area contributed by atoms with Crippen LogP contribution in [0, 0.1) is 13.8 Å². The summed E-state index contributed by atoms with van der Waals surface area (Å²) in [7, 11) is 0. The van der Waals surface area contributed by atoms with Crippen LogP contribution in [0.1, 0.15) is 24.5 Å². The SMILES string of the molecule is CCCOC(=O)COc1c(-c2ccco2)oc2c(C)cc(C)cc2c1=O. The number of fused-ring (bicyclic) bond motifs is 1. The second-order valence-corrected chi connectivity index (χ2v) is 6.03. The van der Waals surface area contributed by atoms with E-state index in [0.29, 0.717) is 29.8 Å². The van der Waals surface area contributed by atoms with Crippen LogP contribution in [0.3, 0.4) is 0 Å². The minimum absolute atomic E-state index is 0.0640. The number of hydrogen-bond donors (Lipinski definition) is 0. The van der Waals surface area contributed by atoms with E-state index >= 15 is 0 Å². The lowest BCUT2D eigenvalue weighted by atomic mass is 10.1. The Hall–Kier alpha value is -3.02. The first-order chi connectivity index (χ1) is 12.5.